The zero-order chi connectivity index (χ0) is 30.9. The van der Waals surface area contributed by atoms with E-state index in [4.69, 9.17) is 20.0 Å². The molecule has 0 amide bonds. The van der Waals surface area contributed by atoms with Gasteiger partial charge in [0.25, 0.3) is 23.3 Å². The molecule has 8 heteroatoms. The molecule has 220 valence electrons. The monoisotopic (exact) mass is 558 g/mol. The van der Waals surface area contributed by atoms with Crippen LogP contribution >= 0.6 is 0 Å². The van der Waals surface area contributed by atoms with Gasteiger partial charge < -0.3 is 0 Å². The van der Waals surface area contributed by atoms with Crippen LogP contribution in [0.1, 0.15) is 105 Å². The minimum absolute atomic E-state index is 0.266. The SMILES string of the molecule is CC.CC.CC.CC.CC1=C(C)C2=[N+]3C1=Nc1c(C)c(C)c4n1C31n3c(c(C)c(C)c3=NC3=[N+]1C(=N4)[C@H](C)[C@@H]3C)=N2. The van der Waals surface area contributed by atoms with Crippen LogP contribution in [0, 0.1) is 39.5 Å². The smallest absolute Gasteiger partial charge is 0.193 e. The molecule has 0 aromatic carbocycles. The third kappa shape index (κ3) is 3.22. The van der Waals surface area contributed by atoms with E-state index in [9.17, 15) is 0 Å². The standard InChI is InChI=1S/C25H26N8.4C2H6/c1-9-10(2)18-27-20-13(5)14(6)22-29-24-16(8)15(7)23-28-21-12(4)11(3)19-26-17(9)30(18)25(31(19)21,32(20)22)33(23)24;4*1-2/h9-10H,1-8H3;4*1-2H3/q+2;;;;/t9-,10+,25?;;;;. The van der Waals surface area contributed by atoms with Gasteiger partial charge in [0.05, 0.1) is 11.8 Å². The summed E-state index contributed by atoms with van der Waals surface area (Å²) >= 11 is 0. The van der Waals surface area contributed by atoms with E-state index >= 15 is 0 Å². The van der Waals surface area contributed by atoms with Crippen molar-refractivity contribution in [2.45, 2.75) is 117 Å². The maximum atomic E-state index is 5.29. The Morgan fingerprint density at radius 2 is 1.07 bits per heavy atom. The van der Waals surface area contributed by atoms with Gasteiger partial charge in [-0.15, -0.1) is 4.58 Å². The van der Waals surface area contributed by atoms with E-state index in [2.05, 4.69) is 73.7 Å². The van der Waals surface area contributed by atoms with E-state index in [1.807, 2.05) is 55.4 Å². The maximum Gasteiger partial charge on any atom is 0.404 e. The highest BCUT2D eigenvalue weighted by atomic mass is 15.7. The maximum absolute atomic E-state index is 5.29. The summed E-state index contributed by atoms with van der Waals surface area (Å²) in [4.78, 5) is 21.1. The Hall–Kier alpha value is -3.42. The Balaban J connectivity index is 0.000000449. The summed E-state index contributed by atoms with van der Waals surface area (Å²) in [5, 5.41) is 0. The van der Waals surface area contributed by atoms with Crippen molar-refractivity contribution >= 4 is 35.0 Å². The van der Waals surface area contributed by atoms with Crippen LogP contribution in [0.15, 0.2) is 31.1 Å². The van der Waals surface area contributed by atoms with Crippen molar-refractivity contribution in [1.29, 1.82) is 0 Å². The fraction of sp³-hybridized carbons (Fsp3) is 0.576. The van der Waals surface area contributed by atoms with E-state index in [-0.39, 0.29) is 11.8 Å². The van der Waals surface area contributed by atoms with Crippen LogP contribution in [0.4, 0.5) is 11.6 Å². The molecule has 3 atom stereocenters. The van der Waals surface area contributed by atoms with Gasteiger partial charge in [-0.2, -0.15) is 13.7 Å². The fourth-order valence-electron chi connectivity index (χ4n) is 6.57. The number of amidine groups is 4. The van der Waals surface area contributed by atoms with Gasteiger partial charge in [0.15, 0.2) is 0 Å². The van der Waals surface area contributed by atoms with Crippen molar-refractivity contribution < 1.29 is 9.15 Å². The molecule has 1 spiro atoms. The Morgan fingerprint density at radius 1 is 0.561 bits per heavy atom. The van der Waals surface area contributed by atoms with Gasteiger partial charge in [-0.05, 0) is 41.5 Å². The molecule has 6 aliphatic heterocycles. The van der Waals surface area contributed by atoms with E-state index in [1.54, 1.807) is 0 Å². The van der Waals surface area contributed by atoms with Gasteiger partial charge in [0.1, 0.15) is 0 Å². The first kappa shape index (κ1) is 30.5. The summed E-state index contributed by atoms with van der Waals surface area (Å²) in [5.74, 6) is 5.96. The zero-order valence-corrected chi connectivity index (χ0v) is 28.2. The molecule has 41 heavy (non-hydrogen) atoms. The second-order valence-electron chi connectivity index (χ2n) is 10.4. The Labute approximate surface area is 246 Å². The summed E-state index contributed by atoms with van der Waals surface area (Å²) in [7, 11) is 0. The van der Waals surface area contributed by atoms with Crippen LogP contribution in [0.3, 0.4) is 0 Å². The summed E-state index contributed by atoms with van der Waals surface area (Å²) in [6.07, 6.45) is 0. The molecule has 0 N–H and O–H groups in total. The van der Waals surface area contributed by atoms with Crippen molar-refractivity contribution in [2.24, 2.45) is 31.8 Å². The highest BCUT2D eigenvalue weighted by Gasteiger charge is 2.70. The normalized spacial score (nSPS) is 24.1. The molecular formula is C33H50N8+2. The summed E-state index contributed by atoms with van der Waals surface area (Å²) in [5.41, 5.74) is 9.12. The minimum Gasteiger partial charge on any atom is -0.193 e. The molecule has 0 radical (unpaired) electrons. The zero-order valence-electron chi connectivity index (χ0n) is 28.2. The molecule has 2 aromatic rings. The average Bonchev–Trinajstić information content (AvgIpc) is 3.62. The third-order valence-electron chi connectivity index (χ3n) is 9.06. The van der Waals surface area contributed by atoms with E-state index in [1.165, 1.54) is 33.4 Å². The summed E-state index contributed by atoms with van der Waals surface area (Å²) in [6, 6.07) is 0. The van der Waals surface area contributed by atoms with Gasteiger partial charge in [0.2, 0.25) is 22.6 Å². The van der Waals surface area contributed by atoms with Gasteiger partial charge in [0, 0.05) is 33.4 Å². The van der Waals surface area contributed by atoms with Crippen molar-refractivity contribution in [1.82, 2.24) is 9.13 Å². The predicted octanol–water partition coefficient (Wildman–Crippen LogP) is 6.56. The molecule has 0 fully saturated rings. The first-order valence-corrected chi connectivity index (χ1v) is 15.8. The second-order valence-corrected chi connectivity index (χ2v) is 10.4. The lowest BCUT2D eigenvalue weighted by molar-refractivity contribution is -0.791. The molecule has 8 rings (SSSR count). The largest absolute Gasteiger partial charge is 0.404 e. The lowest BCUT2D eigenvalue weighted by atomic mass is 9.97. The van der Waals surface area contributed by atoms with Crippen molar-refractivity contribution in [3.63, 3.8) is 0 Å². The molecular weight excluding hydrogens is 508 g/mol. The topological polar surface area (TPSA) is 65.3 Å². The lowest BCUT2D eigenvalue weighted by Gasteiger charge is -2.41. The van der Waals surface area contributed by atoms with Crippen LogP contribution in [0.2, 0.25) is 0 Å². The number of aliphatic imine (C=N–C) groups is 2. The minimum atomic E-state index is -0.715. The second kappa shape index (κ2) is 10.4. The van der Waals surface area contributed by atoms with Gasteiger partial charge in [-0.25, -0.2) is 0 Å². The van der Waals surface area contributed by atoms with E-state index in [0.29, 0.717) is 0 Å². The lowest BCUT2D eigenvalue weighted by Crippen LogP contribution is -2.71. The highest BCUT2D eigenvalue weighted by Crippen LogP contribution is 2.51. The van der Waals surface area contributed by atoms with E-state index in [0.717, 1.165) is 46.0 Å². The van der Waals surface area contributed by atoms with Crippen LogP contribution in [0.5, 0.6) is 0 Å². The molecule has 1 unspecified atom stereocenters. The quantitative estimate of drug-likeness (QED) is 0.329. The van der Waals surface area contributed by atoms with Crippen molar-refractivity contribution in [3.05, 3.63) is 44.4 Å². The van der Waals surface area contributed by atoms with Crippen LogP contribution in [-0.2, 0) is 5.91 Å². The van der Waals surface area contributed by atoms with Crippen LogP contribution in [0.25, 0.3) is 0 Å². The molecule has 0 saturated carbocycles. The average molecular weight is 559 g/mol. The van der Waals surface area contributed by atoms with Gasteiger partial charge in [-0.1, -0.05) is 89.2 Å². The summed E-state index contributed by atoms with van der Waals surface area (Å²) in [6.45, 7) is 33.6. The number of hydrogen-bond donors (Lipinski definition) is 0. The van der Waals surface area contributed by atoms with Crippen molar-refractivity contribution in [2.75, 3.05) is 0 Å². The number of rotatable bonds is 0. The molecule has 0 saturated heterocycles. The molecule has 0 aliphatic carbocycles. The molecule has 8 nitrogen and oxygen atoms in total. The Kier molecular flexibility index (Phi) is 7.78. The van der Waals surface area contributed by atoms with Gasteiger partial charge >= 0.3 is 5.91 Å². The Bertz CT molecular complexity index is 1740. The number of nitrogens with zero attached hydrogens (tertiary/aromatic N) is 8. The first-order valence-electron chi connectivity index (χ1n) is 15.8. The molecule has 8 heterocycles. The first-order chi connectivity index (χ1) is 19.7. The summed E-state index contributed by atoms with van der Waals surface area (Å²) < 4.78 is 9.48. The third-order valence-corrected chi connectivity index (χ3v) is 9.06. The highest BCUT2D eigenvalue weighted by molar-refractivity contribution is 6.13. The molecule has 2 aromatic heterocycles. The molecule has 0 bridgehead atoms. The fourth-order valence-corrected chi connectivity index (χ4v) is 6.57. The van der Waals surface area contributed by atoms with Gasteiger partial charge in [-0.3, -0.25) is 0 Å². The number of hydrogen-bond acceptors (Lipinski definition) is 4. The van der Waals surface area contributed by atoms with E-state index < -0.39 is 5.91 Å². The number of aromatic nitrogens is 2. The molecule has 6 aliphatic rings. The van der Waals surface area contributed by atoms with Crippen molar-refractivity contribution in [3.8, 4) is 0 Å². The Morgan fingerprint density at radius 3 is 1.63 bits per heavy atom. The van der Waals surface area contributed by atoms with Crippen LogP contribution in [-0.4, -0.2) is 41.6 Å². The van der Waals surface area contributed by atoms with Crippen LogP contribution < -0.4 is 11.0 Å². The predicted molar refractivity (Wildman–Crippen MR) is 170 cm³/mol.